The van der Waals surface area contributed by atoms with Gasteiger partial charge < -0.3 is 10.9 Å². The van der Waals surface area contributed by atoms with Crippen molar-refractivity contribution in [2.45, 2.75) is 24.8 Å². The molecule has 2 unspecified atom stereocenters. The number of aromatic nitrogens is 1. The summed E-state index contributed by atoms with van der Waals surface area (Å²) in [5, 5.41) is 18.1. The van der Waals surface area contributed by atoms with Gasteiger partial charge in [-0.3, -0.25) is 5.14 Å². The Hall–Kier alpha value is -1.27. The monoisotopic (exact) mass is 252 g/mol. The van der Waals surface area contributed by atoms with E-state index in [2.05, 4.69) is 24.0 Å². The molecule has 92 valence electrons. The van der Waals surface area contributed by atoms with Gasteiger partial charge in [-0.05, 0) is 29.0 Å². The van der Waals surface area contributed by atoms with Gasteiger partial charge in [-0.25, -0.2) is 4.98 Å². The van der Waals surface area contributed by atoms with Crippen LogP contribution in [0, 0.1) is 11.3 Å². The second-order valence-electron chi connectivity index (χ2n) is 4.85. The molecule has 0 aliphatic heterocycles. The van der Waals surface area contributed by atoms with Gasteiger partial charge in [0.15, 0.2) is 0 Å². The molecule has 0 radical (unpaired) electrons. The van der Waals surface area contributed by atoms with Crippen molar-refractivity contribution in [3.05, 3.63) is 23.9 Å². The fraction of sp³-hybridized carbons (Fsp3) is 0.455. The summed E-state index contributed by atoms with van der Waals surface area (Å²) >= 11 is 1.12. The summed E-state index contributed by atoms with van der Waals surface area (Å²) in [6, 6.07) is 3.89. The van der Waals surface area contributed by atoms with Crippen LogP contribution in [-0.2, 0) is 0 Å². The highest BCUT2D eigenvalue weighted by Crippen LogP contribution is 2.64. The Kier molecular flexibility index (Phi) is 3.01. The summed E-state index contributed by atoms with van der Waals surface area (Å²) in [6.45, 7) is 4.21. The van der Waals surface area contributed by atoms with Crippen LogP contribution >= 0.6 is 11.9 Å². The zero-order valence-electron chi connectivity index (χ0n) is 9.79. The molecule has 0 saturated heterocycles. The minimum Gasteiger partial charge on any atom is -0.409 e. The van der Waals surface area contributed by atoms with Gasteiger partial charge in [-0.15, -0.1) is 0 Å². The first-order valence-electron chi connectivity index (χ1n) is 5.32. The van der Waals surface area contributed by atoms with Gasteiger partial charge >= 0.3 is 0 Å². The summed E-state index contributed by atoms with van der Waals surface area (Å²) in [7, 11) is 0. The van der Waals surface area contributed by atoms with Crippen LogP contribution in [0.25, 0.3) is 0 Å². The molecule has 1 heterocycles. The lowest BCUT2D eigenvalue weighted by atomic mass is 10.1. The Bertz CT molecular complexity index is 443. The first-order chi connectivity index (χ1) is 8.02. The smallest absolute Gasteiger partial charge is 0.143 e. The molecule has 0 bridgehead atoms. The SMILES string of the molecule is CC1(C)C(/C(N)=N/O)C1c1ccc(SN)nc1. The third-order valence-corrected chi connectivity index (χ3v) is 3.98. The van der Waals surface area contributed by atoms with Crippen LogP contribution in [0.15, 0.2) is 28.5 Å². The summed E-state index contributed by atoms with van der Waals surface area (Å²) in [5.41, 5.74) is 6.80. The predicted octanol–water partition coefficient (Wildman–Crippen LogP) is 1.53. The van der Waals surface area contributed by atoms with E-state index in [4.69, 9.17) is 16.1 Å². The molecule has 0 spiro atoms. The standard InChI is InChI=1S/C11H16N4OS/c1-11(2)8(9(11)10(12)15-16)6-3-4-7(17-13)14-5-6/h3-5,8-9,16H,13H2,1-2H3,(H2,12,15). The van der Waals surface area contributed by atoms with Crippen LogP contribution in [0.5, 0.6) is 0 Å². The van der Waals surface area contributed by atoms with E-state index < -0.39 is 0 Å². The van der Waals surface area contributed by atoms with Crippen LogP contribution < -0.4 is 10.9 Å². The number of hydrogen-bond donors (Lipinski definition) is 3. The molecule has 6 heteroatoms. The molecule has 1 aliphatic carbocycles. The lowest BCUT2D eigenvalue weighted by Crippen LogP contribution is -2.17. The Labute approximate surface area is 104 Å². The maximum Gasteiger partial charge on any atom is 0.143 e. The Morgan fingerprint density at radius 3 is 2.71 bits per heavy atom. The van der Waals surface area contributed by atoms with E-state index in [0.717, 1.165) is 22.5 Å². The number of nitrogens with zero attached hydrogens (tertiary/aromatic N) is 2. The van der Waals surface area contributed by atoms with Crippen LogP contribution in [0.1, 0.15) is 25.3 Å². The number of amidine groups is 1. The van der Waals surface area contributed by atoms with Crippen molar-refractivity contribution >= 4 is 17.8 Å². The average Bonchev–Trinajstić information content (AvgIpc) is 2.91. The zero-order valence-corrected chi connectivity index (χ0v) is 10.6. The van der Waals surface area contributed by atoms with Gasteiger partial charge in [0, 0.05) is 18.0 Å². The minimum absolute atomic E-state index is 0.00929. The van der Waals surface area contributed by atoms with Crippen molar-refractivity contribution < 1.29 is 5.21 Å². The Morgan fingerprint density at radius 2 is 2.24 bits per heavy atom. The lowest BCUT2D eigenvalue weighted by Gasteiger charge is -2.02. The van der Waals surface area contributed by atoms with Crippen LogP contribution in [0.3, 0.4) is 0 Å². The van der Waals surface area contributed by atoms with E-state index in [9.17, 15) is 0 Å². The lowest BCUT2D eigenvalue weighted by molar-refractivity contribution is 0.315. The fourth-order valence-corrected chi connectivity index (χ4v) is 2.78. The fourth-order valence-electron chi connectivity index (χ4n) is 2.52. The number of hydrogen-bond acceptors (Lipinski definition) is 5. The number of rotatable bonds is 3. The molecule has 0 amide bonds. The molecule has 1 fully saturated rings. The van der Waals surface area contributed by atoms with Crippen LogP contribution in [0.2, 0.25) is 0 Å². The quantitative estimate of drug-likeness (QED) is 0.249. The highest BCUT2D eigenvalue weighted by molar-refractivity contribution is 7.97. The van der Waals surface area contributed by atoms with Gasteiger partial charge in [0.2, 0.25) is 0 Å². The number of oxime groups is 1. The normalized spacial score (nSPS) is 26.9. The summed E-state index contributed by atoms with van der Waals surface area (Å²) in [4.78, 5) is 4.24. The van der Waals surface area contributed by atoms with Crippen molar-refractivity contribution in [2.24, 2.45) is 27.4 Å². The summed E-state index contributed by atoms with van der Waals surface area (Å²) in [5.74, 6) is 0.616. The van der Waals surface area contributed by atoms with Crippen molar-refractivity contribution in [3.8, 4) is 0 Å². The maximum atomic E-state index is 8.75. The average molecular weight is 252 g/mol. The topological polar surface area (TPSA) is 97.5 Å². The molecule has 1 aliphatic rings. The van der Waals surface area contributed by atoms with E-state index >= 15 is 0 Å². The molecule has 1 aromatic rings. The molecule has 5 nitrogen and oxygen atoms in total. The van der Waals surface area contributed by atoms with Gasteiger partial charge in [-0.1, -0.05) is 25.1 Å². The van der Waals surface area contributed by atoms with E-state index in [1.165, 1.54) is 0 Å². The largest absolute Gasteiger partial charge is 0.409 e. The molecule has 1 aromatic heterocycles. The number of nitrogens with two attached hydrogens (primary N) is 2. The van der Waals surface area contributed by atoms with E-state index in [0.29, 0.717) is 0 Å². The van der Waals surface area contributed by atoms with E-state index in [1.54, 1.807) is 0 Å². The molecule has 0 aromatic carbocycles. The summed E-state index contributed by atoms with van der Waals surface area (Å²) < 4.78 is 0. The number of pyridine rings is 1. The Morgan fingerprint density at radius 1 is 1.53 bits per heavy atom. The molecule has 5 N–H and O–H groups in total. The van der Waals surface area contributed by atoms with E-state index in [-0.39, 0.29) is 23.1 Å². The van der Waals surface area contributed by atoms with Gasteiger partial charge in [0.1, 0.15) is 10.9 Å². The molecule has 1 saturated carbocycles. The Balaban J connectivity index is 2.24. The van der Waals surface area contributed by atoms with Gasteiger partial charge in [0.05, 0.1) is 0 Å². The molecule has 2 rings (SSSR count). The van der Waals surface area contributed by atoms with Crippen LogP contribution in [0.4, 0.5) is 0 Å². The van der Waals surface area contributed by atoms with Crippen LogP contribution in [-0.4, -0.2) is 16.0 Å². The molecule has 17 heavy (non-hydrogen) atoms. The third kappa shape index (κ3) is 1.98. The third-order valence-electron chi connectivity index (χ3n) is 3.50. The molecular weight excluding hydrogens is 236 g/mol. The minimum atomic E-state index is 0.00929. The van der Waals surface area contributed by atoms with Crippen molar-refractivity contribution in [2.75, 3.05) is 0 Å². The predicted molar refractivity (Wildman–Crippen MR) is 67.7 cm³/mol. The van der Waals surface area contributed by atoms with Crippen molar-refractivity contribution in [1.82, 2.24) is 4.98 Å². The maximum absolute atomic E-state index is 8.75. The highest BCUT2D eigenvalue weighted by atomic mass is 32.2. The van der Waals surface area contributed by atoms with Gasteiger partial charge in [0.25, 0.3) is 0 Å². The highest BCUT2D eigenvalue weighted by Gasteiger charge is 2.60. The first-order valence-corrected chi connectivity index (χ1v) is 6.20. The summed E-state index contributed by atoms with van der Waals surface area (Å²) in [6.07, 6.45) is 1.81. The van der Waals surface area contributed by atoms with Gasteiger partial charge in [-0.2, -0.15) is 0 Å². The second-order valence-corrected chi connectivity index (χ2v) is 5.50. The first kappa shape index (κ1) is 12.2. The second kappa shape index (κ2) is 4.19. The van der Waals surface area contributed by atoms with E-state index in [1.807, 2.05) is 18.3 Å². The zero-order chi connectivity index (χ0) is 12.6. The van der Waals surface area contributed by atoms with Crippen molar-refractivity contribution in [1.29, 1.82) is 0 Å². The van der Waals surface area contributed by atoms with Crippen molar-refractivity contribution in [3.63, 3.8) is 0 Å². The molecular formula is C11H16N4OS. The molecule has 2 atom stereocenters.